The summed E-state index contributed by atoms with van der Waals surface area (Å²) in [5, 5.41) is 2.45. The van der Waals surface area contributed by atoms with Gasteiger partial charge in [-0.15, -0.1) is 0 Å². The van der Waals surface area contributed by atoms with E-state index < -0.39 is 5.41 Å². The average molecular weight is 859 g/mol. The van der Waals surface area contributed by atoms with Crippen molar-refractivity contribution in [3.8, 4) is 33.4 Å². The fraction of sp³-hybridized carbons (Fsp3) is 0.108. The van der Waals surface area contributed by atoms with Gasteiger partial charge >= 0.3 is 0 Å². The van der Waals surface area contributed by atoms with E-state index in [0.29, 0.717) is 5.92 Å². The predicted molar refractivity (Wildman–Crippen MR) is 281 cm³/mol. The Hall–Kier alpha value is -7.94. The quantitative estimate of drug-likeness (QED) is 0.150. The molecule has 0 aromatic heterocycles. The van der Waals surface area contributed by atoms with Crippen LogP contribution in [-0.2, 0) is 5.41 Å². The van der Waals surface area contributed by atoms with E-state index >= 15 is 0 Å². The lowest BCUT2D eigenvalue weighted by molar-refractivity contribution is 0.443. The second kappa shape index (κ2) is 16.2. The molecule has 1 fully saturated rings. The van der Waals surface area contributed by atoms with Crippen molar-refractivity contribution in [2.24, 2.45) is 0 Å². The molecule has 3 aliphatic rings. The largest absolute Gasteiger partial charge is 0.310 e. The van der Waals surface area contributed by atoms with Crippen LogP contribution in [0.1, 0.15) is 65.8 Å². The third-order valence-electron chi connectivity index (χ3n) is 15.0. The highest BCUT2D eigenvalue weighted by Crippen LogP contribution is 2.64. The van der Waals surface area contributed by atoms with E-state index in [4.69, 9.17) is 0 Å². The predicted octanol–water partition coefficient (Wildman–Crippen LogP) is 17.8. The fourth-order valence-corrected chi connectivity index (χ4v) is 12.1. The minimum Gasteiger partial charge on any atom is -0.310 e. The van der Waals surface area contributed by atoms with Crippen molar-refractivity contribution < 1.29 is 0 Å². The normalized spacial score (nSPS) is 15.8. The fourth-order valence-electron chi connectivity index (χ4n) is 12.1. The molecule has 0 aliphatic heterocycles. The van der Waals surface area contributed by atoms with Gasteiger partial charge < -0.3 is 9.80 Å². The molecule has 67 heavy (non-hydrogen) atoms. The molecule has 0 N–H and O–H groups in total. The van der Waals surface area contributed by atoms with E-state index in [9.17, 15) is 0 Å². The lowest BCUT2D eigenvalue weighted by Gasteiger charge is -2.34. The number of fused-ring (bicyclic) bond motifs is 11. The number of para-hydroxylation sites is 2. The molecule has 1 saturated carbocycles. The van der Waals surface area contributed by atoms with Crippen LogP contribution < -0.4 is 9.80 Å². The Morgan fingerprint density at radius 1 is 0.343 bits per heavy atom. The molecule has 10 aromatic carbocycles. The maximum Gasteiger partial charge on any atom is 0.0727 e. The lowest BCUT2D eigenvalue weighted by Crippen LogP contribution is -2.26. The first kappa shape index (κ1) is 39.4. The van der Waals surface area contributed by atoms with Crippen molar-refractivity contribution in [3.05, 3.63) is 264 Å². The monoisotopic (exact) mass is 858 g/mol. The molecule has 2 nitrogen and oxygen atoms in total. The smallest absolute Gasteiger partial charge is 0.0727 e. The Balaban J connectivity index is 1.04. The standard InChI is InChI=1S/C65H50N2/c1-5-19-45(20-6-1)46-33-36-51(37-34-46)66(49-24-9-3-10-25-49)52-38-40-57-55-29-15-17-31-59(55)65(61(57)43-52)60-32-18-16-30-56(60)58-41-39-53(44-62(58)65)67(50-26-11-4-12-27-50)63-42-35-47-21-13-14-28-54(47)64(63)48-22-7-2-8-23-48/h2-4,7-18,21-45H,1,5-6,19-20H2. The lowest BCUT2D eigenvalue weighted by atomic mass is 9.70. The van der Waals surface area contributed by atoms with Crippen molar-refractivity contribution >= 4 is 44.9 Å². The highest BCUT2D eigenvalue weighted by molar-refractivity contribution is 6.06. The van der Waals surface area contributed by atoms with Crippen molar-refractivity contribution in [2.45, 2.75) is 43.4 Å². The first-order chi connectivity index (χ1) is 33.3. The van der Waals surface area contributed by atoms with Gasteiger partial charge in [-0.3, -0.25) is 0 Å². The van der Waals surface area contributed by atoms with Gasteiger partial charge in [0.2, 0.25) is 0 Å². The van der Waals surface area contributed by atoms with Crippen molar-refractivity contribution in [1.29, 1.82) is 0 Å². The highest BCUT2D eigenvalue weighted by Gasteiger charge is 2.52. The summed E-state index contributed by atoms with van der Waals surface area (Å²) in [6.07, 6.45) is 6.61. The van der Waals surface area contributed by atoms with E-state index in [1.165, 1.54) is 110 Å². The van der Waals surface area contributed by atoms with E-state index in [0.717, 1.165) is 28.4 Å². The molecular weight excluding hydrogens is 809 g/mol. The van der Waals surface area contributed by atoms with Crippen LogP contribution in [0.15, 0.2) is 237 Å². The van der Waals surface area contributed by atoms with Crippen molar-refractivity contribution in [3.63, 3.8) is 0 Å². The Morgan fingerprint density at radius 3 is 1.45 bits per heavy atom. The summed E-state index contributed by atoms with van der Waals surface area (Å²) in [4.78, 5) is 4.94. The SMILES string of the molecule is c1ccc(-c2c(N(c3ccccc3)c3ccc4c(c3)C3(c5ccccc5-c5ccc(N(c6ccccc6)c6ccc(C7CCCCC7)cc6)cc53)c3ccccc3-4)ccc3ccccc23)cc1. The van der Waals surface area contributed by atoms with E-state index in [1.54, 1.807) is 0 Å². The third kappa shape index (κ3) is 6.31. The molecule has 0 amide bonds. The minimum absolute atomic E-state index is 0.564. The second-order valence-corrected chi connectivity index (χ2v) is 18.6. The number of hydrogen-bond donors (Lipinski definition) is 0. The van der Waals surface area contributed by atoms with Crippen LogP contribution in [0, 0.1) is 0 Å². The Morgan fingerprint density at radius 2 is 0.821 bits per heavy atom. The highest BCUT2D eigenvalue weighted by atomic mass is 15.1. The van der Waals surface area contributed by atoms with Gasteiger partial charge in [-0.25, -0.2) is 0 Å². The molecule has 0 heterocycles. The Labute approximate surface area is 394 Å². The van der Waals surface area contributed by atoms with E-state index in [-0.39, 0.29) is 0 Å². The molecule has 1 spiro atoms. The zero-order chi connectivity index (χ0) is 44.3. The first-order valence-corrected chi connectivity index (χ1v) is 24.1. The summed E-state index contributed by atoms with van der Waals surface area (Å²) in [5.74, 6) is 0.655. The van der Waals surface area contributed by atoms with Gasteiger partial charge in [0.05, 0.1) is 11.1 Å². The van der Waals surface area contributed by atoms with Gasteiger partial charge in [0, 0.05) is 34.0 Å². The number of anilines is 6. The van der Waals surface area contributed by atoms with Gasteiger partial charge in [-0.2, -0.15) is 0 Å². The van der Waals surface area contributed by atoms with Crippen LogP contribution in [0.25, 0.3) is 44.2 Å². The van der Waals surface area contributed by atoms with Gasteiger partial charge in [0.1, 0.15) is 0 Å². The maximum atomic E-state index is 2.52. The summed E-state index contributed by atoms with van der Waals surface area (Å²) >= 11 is 0. The topological polar surface area (TPSA) is 6.48 Å². The molecule has 0 bridgehead atoms. The van der Waals surface area contributed by atoms with Gasteiger partial charge in [-0.05, 0) is 152 Å². The molecule has 320 valence electrons. The Kier molecular flexibility index (Phi) is 9.53. The number of nitrogens with zero attached hydrogens (tertiary/aromatic N) is 2. The zero-order valence-electron chi connectivity index (χ0n) is 37.5. The van der Waals surface area contributed by atoms with Gasteiger partial charge in [0.25, 0.3) is 0 Å². The Bertz CT molecular complexity index is 3430. The number of hydrogen-bond acceptors (Lipinski definition) is 2. The summed E-state index contributed by atoms with van der Waals surface area (Å²) in [5.41, 5.74) is 20.6. The van der Waals surface area contributed by atoms with E-state index in [1.807, 2.05) is 0 Å². The number of rotatable bonds is 8. The van der Waals surface area contributed by atoms with Crippen molar-refractivity contribution in [1.82, 2.24) is 0 Å². The summed E-state index contributed by atoms with van der Waals surface area (Å²) < 4.78 is 0. The third-order valence-corrected chi connectivity index (χ3v) is 15.0. The molecule has 1 atom stereocenters. The van der Waals surface area contributed by atoms with E-state index in [2.05, 4.69) is 246 Å². The molecule has 0 radical (unpaired) electrons. The van der Waals surface area contributed by atoms with Crippen LogP contribution in [0.3, 0.4) is 0 Å². The molecule has 2 heteroatoms. The summed E-state index contributed by atoms with van der Waals surface area (Å²) in [6, 6.07) is 88.5. The zero-order valence-corrected chi connectivity index (χ0v) is 37.5. The molecule has 0 saturated heterocycles. The minimum atomic E-state index is -0.564. The summed E-state index contributed by atoms with van der Waals surface area (Å²) in [7, 11) is 0. The molecule has 1 unspecified atom stereocenters. The first-order valence-electron chi connectivity index (χ1n) is 24.1. The van der Waals surface area contributed by atoms with Crippen LogP contribution in [0.5, 0.6) is 0 Å². The summed E-state index contributed by atoms with van der Waals surface area (Å²) in [6.45, 7) is 0. The molecule has 13 rings (SSSR count). The average Bonchev–Trinajstić information content (AvgIpc) is 3.87. The van der Waals surface area contributed by atoms with Gasteiger partial charge in [-0.1, -0.05) is 189 Å². The van der Waals surface area contributed by atoms with Crippen molar-refractivity contribution in [2.75, 3.05) is 9.80 Å². The number of benzene rings is 10. The molecule has 10 aromatic rings. The molecule has 3 aliphatic carbocycles. The van der Waals surface area contributed by atoms with Crippen LogP contribution in [0.2, 0.25) is 0 Å². The van der Waals surface area contributed by atoms with Gasteiger partial charge in [0.15, 0.2) is 0 Å². The van der Waals surface area contributed by atoms with Crippen LogP contribution >= 0.6 is 0 Å². The molecular formula is C65H50N2. The van der Waals surface area contributed by atoms with Crippen LogP contribution in [0.4, 0.5) is 34.1 Å². The maximum absolute atomic E-state index is 2.52. The second-order valence-electron chi connectivity index (χ2n) is 18.6. The van der Waals surface area contributed by atoms with Crippen LogP contribution in [-0.4, -0.2) is 0 Å².